The number of nitrogens with one attached hydrogen (secondary N) is 1. The fraction of sp³-hybridized carbons (Fsp3) is 0.588. The van der Waals surface area contributed by atoms with Crippen LogP contribution in [0.3, 0.4) is 0 Å². The lowest BCUT2D eigenvalue weighted by Gasteiger charge is -2.34. The molecule has 1 amide bonds. The zero-order valence-electron chi connectivity index (χ0n) is 12.8. The number of carbonyl (C=O) groups excluding carboxylic acids is 2. The molecule has 3 heterocycles. The van der Waals surface area contributed by atoms with Crippen LogP contribution in [0.15, 0.2) is 24.5 Å². The molecule has 118 valence electrons. The van der Waals surface area contributed by atoms with Crippen molar-refractivity contribution in [1.29, 1.82) is 0 Å². The van der Waals surface area contributed by atoms with Gasteiger partial charge in [-0.05, 0) is 50.9 Å². The van der Waals surface area contributed by atoms with Crippen LogP contribution in [0.4, 0.5) is 0 Å². The van der Waals surface area contributed by atoms with Crippen molar-refractivity contribution in [2.75, 3.05) is 26.2 Å². The molecule has 0 aliphatic carbocycles. The van der Waals surface area contributed by atoms with Gasteiger partial charge in [0.1, 0.15) is 0 Å². The second-order valence-corrected chi connectivity index (χ2v) is 6.23. The summed E-state index contributed by atoms with van der Waals surface area (Å²) in [6.07, 6.45) is 6.72. The van der Waals surface area contributed by atoms with Crippen molar-refractivity contribution < 1.29 is 9.59 Å². The molecule has 5 nitrogen and oxygen atoms in total. The number of amides is 1. The summed E-state index contributed by atoms with van der Waals surface area (Å²) in [4.78, 5) is 30.9. The van der Waals surface area contributed by atoms with Crippen molar-refractivity contribution >= 4 is 11.7 Å². The first-order valence-electron chi connectivity index (χ1n) is 8.19. The average molecular weight is 301 g/mol. The maximum atomic E-state index is 12.5. The summed E-state index contributed by atoms with van der Waals surface area (Å²) in [5.41, 5.74) is 0.686. The van der Waals surface area contributed by atoms with Gasteiger partial charge >= 0.3 is 0 Å². The van der Waals surface area contributed by atoms with Crippen molar-refractivity contribution in [1.82, 2.24) is 15.2 Å². The predicted molar refractivity (Wildman–Crippen MR) is 83.5 cm³/mol. The van der Waals surface area contributed by atoms with Gasteiger partial charge in [-0.3, -0.25) is 14.6 Å². The van der Waals surface area contributed by atoms with E-state index in [1.165, 1.54) is 0 Å². The predicted octanol–water partition coefficient (Wildman–Crippen LogP) is 1.50. The number of aromatic nitrogens is 1. The molecule has 2 aliphatic rings. The van der Waals surface area contributed by atoms with Crippen LogP contribution in [0.2, 0.25) is 0 Å². The van der Waals surface area contributed by atoms with Gasteiger partial charge in [0.25, 0.3) is 0 Å². The Hall–Kier alpha value is -1.75. The molecule has 0 saturated carbocycles. The number of piperidine rings is 2. The summed E-state index contributed by atoms with van der Waals surface area (Å²) in [5, 5.41) is 3.29. The van der Waals surface area contributed by atoms with E-state index in [0.29, 0.717) is 18.7 Å². The Balaban J connectivity index is 1.54. The molecule has 1 aromatic heterocycles. The number of likely N-dealkylation sites (tertiary alicyclic amines) is 1. The van der Waals surface area contributed by atoms with Crippen LogP contribution in [0.5, 0.6) is 0 Å². The molecular formula is C17H23N3O2. The number of hydrogen-bond acceptors (Lipinski definition) is 4. The Morgan fingerprint density at radius 3 is 2.45 bits per heavy atom. The molecule has 1 aromatic rings. The molecule has 1 N–H and O–H groups in total. The molecule has 2 saturated heterocycles. The summed E-state index contributed by atoms with van der Waals surface area (Å²) in [5.74, 6) is 0.656. The Kier molecular flexibility index (Phi) is 4.83. The smallest absolute Gasteiger partial charge is 0.225 e. The standard InChI is InChI=1S/C17H23N3O2/c21-16(15-2-1-7-19-12-15)13-5-10-20(11-6-13)17(22)14-3-8-18-9-4-14/h1-2,7,12-14,18H,3-6,8-11H2. The van der Waals surface area contributed by atoms with Gasteiger partial charge in [0.05, 0.1) is 0 Å². The van der Waals surface area contributed by atoms with E-state index in [0.717, 1.165) is 38.8 Å². The highest BCUT2D eigenvalue weighted by atomic mass is 16.2. The van der Waals surface area contributed by atoms with Crippen molar-refractivity contribution in [2.45, 2.75) is 25.7 Å². The van der Waals surface area contributed by atoms with Crippen LogP contribution in [0.25, 0.3) is 0 Å². The van der Waals surface area contributed by atoms with E-state index < -0.39 is 0 Å². The molecule has 3 rings (SSSR count). The SMILES string of the molecule is O=C(c1cccnc1)C1CCN(C(=O)C2CCNCC2)CC1. The quantitative estimate of drug-likeness (QED) is 0.860. The zero-order valence-corrected chi connectivity index (χ0v) is 12.8. The van der Waals surface area contributed by atoms with Crippen LogP contribution in [-0.2, 0) is 4.79 Å². The Morgan fingerprint density at radius 2 is 1.82 bits per heavy atom. The Bertz CT molecular complexity index is 518. The van der Waals surface area contributed by atoms with E-state index >= 15 is 0 Å². The van der Waals surface area contributed by atoms with Gasteiger partial charge in [0, 0.05) is 42.9 Å². The minimum absolute atomic E-state index is 0.0290. The number of hydrogen-bond donors (Lipinski definition) is 1. The van der Waals surface area contributed by atoms with Crippen LogP contribution in [-0.4, -0.2) is 47.8 Å². The normalized spacial score (nSPS) is 20.8. The molecule has 5 heteroatoms. The number of Topliss-reactive ketones (excluding diaryl/α,β-unsaturated/α-hetero) is 1. The van der Waals surface area contributed by atoms with Gasteiger partial charge < -0.3 is 10.2 Å². The maximum absolute atomic E-state index is 12.5. The first-order chi connectivity index (χ1) is 10.8. The molecule has 0 atom stereocenters. The molecule has 22 heavy (non-hydrogen) atoms. The van der Waals surface area contributed by atoms with Crippen LogP contribution >= 0.6 is 0 Å². The van der Waals surface area contributed by atoms with Gasteiger partial charge in [-0.25, -0.2) is 0 Å². The van der Waals surface area contributed by atoms with E-state index in [-0.39, 0.29) is 23.5 Å². The van der Waals surface area contributed by atoms with Gasteiger partial charge in [-0.2, -0.15) is 0 Å². The lowest BCUT2D eigenvalue weighted by molar-refractivity contribution is -0.137. The lowest BCUT2D eigenvalue weighted by Crippen LogP contribution is -2.45. The summed E-state index contributed by atoms with van der Waals surface area (Å²) < 4.78 is 0. The third-order valence-corrected chi connectivity index (χ3v) is 4.81. The Labute approximate surface area is 131 Å². The molecule has 0 bridgehead atoms. The van der Waals surface area contributed by atoms with E-state index in [1.54, 1.807) is 18.5 Å². The number of rotatable bonds is 3. The number of nitrogens with zero attached hydrogens (tertiary/aromatic N) is 2. The van der Waals surface area contributed by atoms with Crippen LogP contribution < -0.4 is 5.32 Å². The second-order valence-electron chi connectivity index (χ2n) is 6.23. The molecule has 0 spiro atoms. The van der Waals surface area contributed by atoms with E-state index in [4.69, 9.17) is 0 Å². The first-order valence-corrected chi connectivity index (χ1v) is 8.19. The third kappa shape index (κ3) is 3.35. The van der Waals surface area contributed by atoms with Crippen molar-refractivity contribution in [3.05, 3.63) is 30.1 Å². The third-order valence-electron chi connectivity index (χ3n) is 4.81. The summed E-state index contributed by atoms with van der Waals surface area (Å²) in [6, 6.07) is 3.62. The van der Waals surface area contributed by atoms with Gasteiger partial charge in [0.15, 0.2) is 5.78 Å². The number of carbonyl (C=O) groups is 2. The van der Waals surface area contributed by atoms with E-state index in [2.05, 4.69) is 10.3 Å². The van der Waals surface area contributed by atoms with E-state index in [1.807, 2.05) is 11.0 Å². The largest absolute Gasteiger partial charge is 0.342 e. The summed E-state index contributed by atoms with van der Waals surface area (Å²) >= 11 is 0. The molecule has 2 aliphatic heterocycles. The zero-order chi connectivity index (χ0) is 15.4. The number of pyridine rings is 1. The number of ketones is 1. The molecule has 2 fully saturated rings. The minimum atomic E-state index is 0.0290. The molecule has 0 aromatic carbocycles. The fourth-order valence-electron chi connectivity index (χ4n) is 3.43. The molecule has 0 unspecified atom stereocenters. The maximum Gasteiger partial charge on any atom is 0.225 e. The monoisotopic (exact) mass is 301 g/mol. The highest BCUT2D eigenvalue weighted by molar-refractivity contribution is 5.97. The van der Waals surface area contributed by atoms with Crippen LogP contribution in [0.1, 0.15) is 36.0 Å². The first kappa shape index (κ1) is 15.2. The van der Waals surface area contributed by atoms with Gasteiger partial charge in [-0.1, -0.05) is 0 Å². The fourth-order valence-corrected chi connectivity index (χ4v) is 3.43. The molecule has 0 radical (unpaired) electrons. The Morgan fingerprint density at radius 1 is 1.09 bits per heavy atom. The average Bonchev–Trinajstić information content (AvgIpc) is 2.62. The summed E-state index contributed by atoms with van der Waals surface area (Å²) in [7, 11) is 0. The minimum Gasteiger partial charge on any atom is -0.342 e. The van der Waals surface area contributed by atoms with E-state index in [9.17, 15) is 9.59 Å². The van der Waals surface area contributed by atoms with Crippen molar-refractivity contribution in [3.63, 3.8) is 0 Å². The second kappa shape index (κ2) is 7.01. The molecular weight excluding hydrogens is 278 g/mol. The topological polar surface area (TPSA) is 62.3 Å². The summed E-state index contributed by atoms with van der Waals surface area (Å²) in [6.45, 7) is 3.29. The highest BCUT2D eigenvalue weighted by Gasteiger charge is 2.31. The lowest BCUT2D eigenvalue weighted by atomic mass is 9.88. The van der Waals surface area contributed by atoms with Crippen LogP contribution in [0, 0.1) is 11.8 Å². The van der Waals surface area contributed by atoms with Gasteiger partial charge in [-0.15, -0.1) is 0 Å². The van der Waals surface area contributed by atoms with Gasteiger partial charge in [0.2, 0.25) is 5.91 Å². The van der Waals surface area contributed by atoms with Crippen molar-refractivity contribution in [3.8, 4) is 0 Å². The highest BCUT2D eigenvalue weighted by Crippen LogP contribution is 2.24. The van der Waals surface area contributed by atoms with Crippen molar-refractivity contribution in [2.24, 2.45) is 11.8 Å².